The van der Waals surface area contributed by atoms with Gasteiger partial charge in [-0.15, -0.1) is 0 Å². The maximum Gasteiger partial charge on any atom is 0.410 e. The number of carbonyl (C=O) groups is 1. The van der Waals surface area contributed by atoms with E-state index in [4.69, 9.17) is 9.47 Å². The molecule has 6 heteroatoms. The molecule has 1 aliphatic rings. The number of rotatable bonds is 4. The SMILES string of the molecule is CC(C)(C)OC(=O)N1CC(OCc2ccccc2)CC(C(C)(F)F)C1. The predicted molar refractivity (Wildman–Crippen MR) is 91.6 cm³/mol. The molecule has 0 bridgehead atoms. The van der Waals surface area contributed by atoms with E-state index >= 15 is 0 Å². The predicted octanol–water partition coefficient (Wildman–Crippen LogP) is 4.48. The van der Waals surface area contributed by atoms with Gasteiger partial charge in [0.05, 0.1) is 19.3 Å². The summed E-state index contributed by atoms with van der Waals surface area (Å²) in [6, 6.07) is 9.54. The van der Waals surface area contributed by atoms with Gasteiger partial charge in [-0.3, -0.25) is 0 Å². The van der Waals surface area contributed by atoms with E-state index in [1.165, 1.54) is 4.90 Å². The molecule has 0 aromatic heterocycles. The zero-order valence-corrected chi connectivity index (χ0v) is 15.3. The lowest BCUT2D eigenvalue weighted by atomic mass is 9.91. The number of likely N-dealkylation sites (tertiary alicyclic amines) is 1. The Kier molecular flexibility index (Phi) is 6.03. The first-order chi connectivity index (χ1) is 11.5. The van der Waals surface area contributed by atoms with Gasteiger partial charge in [0.1, 0.15) is 5.60 Å². The van der Waals surface area contributed by atoms with Crippen LogP contribution in [0.25, 0.3) is 0 Å². The van der Waals surface area contributed by atoms with Gasteiger partial charge in [-0.25, -0.2) is 13.6 Å². The fourth-order valence-corrected chi connectivity index (χ4v) is 2.80. The van der Waals surface area contributed by atoms with E-state index < -0.39 is 29.6 Å². The van der Waals surface area contributed by atoms with Crippen LogP contribution in [0.5, 0.6) is 0 Å². The standard InChI is InChI=1S/C19H27F2NO3/c1-18(2,3)25-17(23)22-11-15(19(4,20)21)10-16(12-22)24-13-14-8-6-5-7-9-14/h5-9,15-16H,10-13H2,1-4H3. The number of amides is 1. The molecule has 25 heavy (non-hydrogen) atoms. The Hall–Kier alpha value is -1.69. The zero-order valence-electron chi connectivity index (χ0n) is 15.3. The number of alkyl halides is 2. The molecule has 1 heterocycles. The average Bonchev–Trinajstić information content (AvgIpc) is 2.51. The quantitative estimate of drug-likeness (QED) is 0.799. The number of carbonyl (C=O) groups excluding carboxylic acids is 1. The third-order valence-corrected chi connectivity index (χ3v) is 4.11. The summed E-state index contributed by atoms with van der Waals surface area (Å²) in [7, 11) is 0. The second kappa shape index (κ2) is 7.68. The smallest absolute Gasteiger partial charge is 0.410 e. The summed E-state index contributed by atoms with van der Waals surface area (Å²) in [5.74, 6) is -3.83. The fourth-order valence-electron chi connectivity index (χ4n) is 2.80. The number of benzene rings is 1. The van der Waals surface area contributed by atoms with Crippen molar-refractivity contribution in [3.8, 4) is 0 Å². The first-order valence-corrected chi connectivity index (χ1v) is 8.56. The Morgan fingerprint density at radius 2 is 1.80 bits per heavy atom. The Morgan fingerprint density at radius 3 is 2.36 bits per heavy atom. The first-order valence-electron chi connectivity index (χ1n) is 8.56. The molecule has 2 atom stereocenters. The number of ether oxygens (including phenoxy) is 2. The van der Waals surface area contributed by atoms with Crippen molar-refractivity contribution >= 4 is 6.09 Å². The molecule has 0 saturated carbocycles. The Bertz CT molecular complexity index is 566. The molecule has 0 aliphatic carbocycles. The van der Waals surface area contributed by atoms with Crippen LogP contribution in [0.15, 0.2) is 30.3 Å². The van der Waals surface area contributed by atoms with E-state index in [-0.39, 0.29) is 19.5 Å². The van der Waals surface area contributed by atoms with Crippen molar-refractivity contribution < 1.29 is 23.0 Å². The maximum absolute atomic E-state index is 13.9. The van der Waals surface area contributed by atoms with Gasteiger partial charge < -0.3 is 14.4 Å². The summed E-state index contributed by atoms with van der Waals surface area (Å²) in [5, 5.41) is 0. The van der Waals surface area contributed by atoms with E-state index in [9.17, 15) is 13.6 Å². The molecule has 0 radical (unpaired) electrons. The Balaban J connectivity index is 2.04. The van der Waals surface area contributed by atoms with Crippen LogP contribution in [0.1, 0.15) is 39.7 Å². The van der Waals surface area contributed by atoms with Crippen molar-refractivity contribution in [1.29, 1.82) is 0 Å². The maximum atomic E-state index is 13.9. The highest BCUT2D eigenvalue weighted by Gasteiger charge is 2.42. The van der Waals surface area contributed by atoms with Crippen molar-refractivity contribution in [2.75, 3.05) is 13.1 Å². The highest BCUT2D eigenvalue weighted by atomic mass is 19.3. The van der Waals surface area contributed by atoms with Crippen LogP contribution in [0.2, 0.25) is 0 Å². The number of nitrogens with zero attached hydrogens (tertiary/aromatic N) is 1. The molecular weight excluding hydrogens is 328 g/mol. The molecule has 1 saturated heterocycles. The molecule has 1 amide bonds. The van der Waals surface area contributed by atoms with Crippen LogP contribution in [-0.2, 0) is 16.1 Å². The monoisotopic (exact) mass is 355 g/mol. The minimum atomic E-state index is -2.88. The van der Waals surface area contributed by atoms with Crippen LogP contribution in [0, 0.1) is 5.92 Å². The van der Waals surface area contributed by atoms with Crippen LogP contribution in [0.4, 0.5) is 13.6 Å². The van der Waals surface area contributed by atoms with Crippen LogP contribution < -0.4 is 0 Å². The van der Waals surface area contributed by atoms with Gasteiger partial charge in [-0.2, -0.15) is 0 Å². The molecule has 0 N–H and O–H groups in total. The molecular formula is C19H27F2NO3. The molecule has 1 aromatic rings. The molecule has 1 fully saturated rings. The second-order valence-corrected chi connectivity index (χ2v) is 7.69. The number of piperidine rings is 1. The topological polar surface area (TPSA) is 38.8 Å². The van der Waals surface area contributed by atoms with Gasteiger partial charge in [0.15, 0.2) is 0 Å². The molecule has 0 spiro atoms. The molecule has 1 aliphatic heterocycles. The lowest BCUT2D eigenvalue weighted by Gasteiger charge is -2.40. The van der Waals surface area contributed by atoms with E-state index in [1.54, 1.807) is 20.8 Å². The summed E-state index contributed by atoms with van der Waals surface area (Å²) in [6.07, 6.45) is -0.803. The summed E-state index contributed by atoms with van der Waals surface area (Å²) < 4.78 is 38.9. The molecule has 140 valence electrons. The minimum absolute atomic E-state index is 0.0242. The van der Waals surface area contributed by atoms with Crippen molar-refractivity contribution in [3.63, 3.8) is 0 Å². The van der Waals surface area contributed by atoms with Crippen LogP contribution >= 0.6 is 0 Å². The number of halogens is 2. The average molecular weight is 355 g/mol. The second-order valence-electron chi connectivity index (χ2n) is 7.69. The summed E-state index contributed by atoms with van der Waals surface area (Å²) in [6.45, 7) is 6.72. The Labute approximate surface area is 148 Å². The van der Waals surface area contributed by atoms with Crippen molar-refractivity contribution in [2.45, 2.75) is 58.4 Å². The third-order valence-electron chi connectivity index (χ3n) is 4.11. The Morgan fingerprint density at radius 1 is 1.16 bits per heavy atom. The fraction of sp³-hybridized carbons (Fsp3) is 0.632. The van der Waals surface area contributed by atoms with E-state index in [2.05, 4.69) is 0 Å². The summed E-state index contributed by atoms with van der Waals surface area (Å²) in [5.41, 5.74) is 0.302. The van der Waals surface area contributed by atoms with E-state index in [1.807, 2.05) is 30.3 Å². The van der Waals surface area contributed by atoms with Crippen molar-refractivity contribution in [3.05, 3.63) is 35.9 Å². The van der Waals surface area contributed by atoms with Gasteiger partial charge in [-0.1, -0.05) is 30.3 Å². The highest BCUT2D eigenvalue weighted by Crippen LogP contribution is 2.33. The molecule has 4 nitrogen and oxygen atoms in total. The summed E-state index contributed by atoms with van der Waals surface area (Å²) in [4.78, 5) is 13.6. The van der Waals surface area contributed by atoms with Gasteiger partial charge in [0, 0.05) is 12.5 Å². The normalized spacial score (nSPS) is 21.9. The highest BCUT2D eigenvalue weighted by molar-refractivity contribution is 5.68. The lowest BCUT2D eigenvalue weighted by molar-refractivity contribution is -0.107. The van der Waals surface area contributed by atoms with Crippen molar-refractivity contribution in [1.82, 2.24) is 4.90 Å². The number of hydrogen-bond acceptors (Lipinski definition) is 3. The van der Waals surface area contributed by atoms with Gasteiger partial charge in [0.25, 0.3) is 0 Å². The molecule has 1 aromatic carbocycles. The first kappa shape index (κ1) is 19.6. The third kappa shape index (κ3) is 6.27. The minimum Gasteiger partial charge on any atom is -0.444 e. The largest absolute Gasteiger partial charge is 0.444 e. The zero-order chi connectivity index (χ0) is 18.7. The number of hydrogen-bond donors (Lipinski definition) is 0. The van der Waals surface area contributed by atoms with Crippen LogP contribution in [-0.4, -0.2) is 41.7 Å². The van der Waals surface area contributed by atoms with Gasteiger partial charge in [-0.05, 0) is 39.7 Å². The van der Waals surface area contributed by atoms with E-state index in [0.717, 1.165) is 12.5 Å². The van der Waals surface area contributed by atoms with Crippen LogP contribution in [0.3, 0.4) is 0 Å². The molecule has 2 rings (SSSR count). The lowest BCUT2D eigenvalue weighted by Crippen LogP contribution is -2.52. The van der Waals surface area contributed by atoms with E-state index in [0.29, 0.717) is 6.61 Å². The van der Waals surface area contributed by atoms with Crippen molar-refractivity contribution in [2.24, 2.45) is 5.92 Å². The van der Waals surface area contributed by atoms with Gasteiger partial charge in [0.2, 0.25) is 5.92 Å². The van der Waals surface area contributed by atoms with Gasteiger partial charge >= 0.3 is 6.09 Å². The summed E-state index contributed by atoms with van der Waals surface area (Å²) >= 11 is 0. The molecule has 2 unspecified atom stereocenters.